The van der Waals surface area contributed by atoms with Gasteiger partial charge >= 0.3 is 0 Å². The number of hydrogen-bond acceptors (Lipinski definition) is 4. The minimum Gasteiger partial charge on any atom is -0.493 e. The molecule has 1 N–H and O–H groups in total. The summed E-state index contributed by atoms with van der Waals surface area (Å²) in [5, 5.41) is 12.6. The molecule has 21 heavy (non-hydrogen) atoms. The first-order valence-corrected chi connectivity index (χ1v) is 6.70. The van der Waals surface area contributed by atoms with E-state index in [1.165, 1.54) is 0 Å². The average Bonchev–Trinajstić information content (AvgIpc) is 2.53. The lowest BCUT2D eigenvalue weighted by Crippen LogP contribution is -2.02. The molecule has 2 aromatic rings. The first kappa shape index (κ1) is 15.0. The molecule has 0 radical (unpaired) electrons. The number of hydrogen-bond donors (Lipinski definition) is 1. The van der Waals surface area contributed by atoms with E-state index in [9.17, 15) is 0 Å². The van der Waals surface area contributed by atoms with E-state index < -0.39 is 0 Å². The molecular formula is C16H15ClN2O2. The Morgan fingerprint density at radius 1 is 1.19 bits per heavy atom. The van der Waals surface area contributed by atoms with Crippen LogP contribution in [0.1, 0.15) is 11.1 Å². The van der Waals surface area contributed by atoms with Crippen LogP contribution in [0.25, 0.3) is 0 Å². The van der Waals surface area contributed by atoms with Gasteiger partial charge in [-0.05, 0) is 29.8 Å². The zero-order valence-corrected chi connectivity index (χ0v) is 12.6. The summed E-state index contributed by atoms with van der Waals surface area (Å²) in [6.07, 6.45) is 0. The number of benzene rings is 2. The topological polar surface area (TPSA) is 54.3 Å². The summed E-state index contributed by atoms with van der Waals surface area (Å²) in [6, 6.07) is 13.1. The molecule has 4 nitrogen and oxygen atoms in total. The van der Waals surface area contributed by atoms with Crippen molar-refractivity contribution < 1.29 is 9.47 Å². The third-order valence-corrected chi connectivity index (χ3v) is 3.45. The fraction of sp³-hybridized carbons (Fsp3) is 0.188. The molecule has 0 bridgehead atoms. The van der Waals surface area contributed by atoms with E-state index in [4.69, 9.17) is 26.3 Å². The molecule has 0 heterocycles. The fourth-order valence-electron chi connectivity index (χ4n) is 1.96. The third-order valence-electron chi connectivity index (χ3n) is 3.04. The second-order valence-corrected chi connectivity index (χ2v) is 4.70. The van der Waals surface area contributed by atoms with Gasteiger partial charge < -0.3 is 14.8 Å². The van der Waals surface area contributed by atoms with Crippen LogP contribution in [0, 0.1) is 11.3 Å². The van der Waals surface area contributed by atoms with E-state index in [0.717, 1.165) is 11.3 Å². The highest BCUT2D eigenvalue weighted by atomic mass is 35.5. The summed E-state index contributed by atoms with van der Waals surface area (Å²) >= 11 is 6.32. The van der Waals surface area contributed by atoms with Gasteiger partial charge in [-0.3, -0.25) is 0 Å². The number of nitriles is 1. The van der Waals surface area contributed by atoms with Crippen LogP contribution in [0.5, 0.6) is 11.5 Å². The Kier molecular flexibility index (Phi) is 4.91. The van der Waals surface area contributed by atoms with E-state index in [2.05, 4.69) is 11.4 Å². The van der Waals surface area contributed by atoms with Crippen LogP contribution >= 0.6 is 11.6 Å². The Bertz CT molecular complexity index is 680. The minimum absolute atomic E-state index is 0.515. The molecule has 0 amide bonds. The molecule has 0 aliphatic carbocycles. The number of anilines is 1. The van der Waals surface area contributed by atoms with Gasteiger partial charge in [0.15, 0.2) is 11.5 Å². The van der Waals surface area contributed by atoms with Gasteiger partial charge in [-0.25, -0.2) is 0 Å². The van der Waals surface area contributed by atoms with Crippen LogP contribution in [0.2, 0.25) is 5.02 Å². The minimum atomic E-state index is 0.515. The fourth-order valence-corrected chi connectivity index (χ4v) is 2.26. The van der Waals surface area contributed by atoms with Crippen molar-refractivity contribution in [3.63, 3.8) is 0 Å². The maximum absolute atomic E-state index is 8.89. The molecule has 5 heteroatoms. The number of nitrogens with one attached hydrogen (secondary N) is 1. The van der Waals surface area contributed by atoms with E-state index in [-0.39, 0.29) is 0 Å². The first-order chi connectivity index (χ1) is 10.2. The molecule has 0 saturated heterocycles. The predicted octanol–water partition coefficient (Wildman–Crippen LogP) is 3.84. The zero-order chi connectivity index (χ0) is 15.2. The highest BCUT2D eigenvalue weighted by Gasteiger charge is 2.12. The van der Waals surface area contributed by atoms with Crippen molar-refractivity contribution in [3.8, 4) is 17.6 Å². The Labute approximate surface area is 128 Å². The number of methoxy groups -OCH3 is 2. The second kappa shape index (κ2) is 6.87. The van der Waals surface area contributed by atoms with Gasteiger partial charge in [-0.1, -0.05) is 23.7 Å². The normalized spacial score (nSPS) is 9.81. The lowest BCUT2D eigenvalue weighted by molar-refractivity contribution is 0.355. The van der Waals surface area contributed by atoms with Gasteiger partial charge in [0.05, 0.1) is 30.9 Å². The van der Waals surface area contributed by atoms with Gasteiger partial charge in [-0.2, -0.15) is 5.26 Å². The first-order valence-electron chi connectivity index (χ1n) is 6.33. The van der Waals surface area contributed by atoms with E-state index in [0.29, 0.717) is 28.6 Å². The van der Waals surface area contributed by atoms with Crippen molar-refractivity contribution in [2.24, 2.45) is 0 Å². The lowest BCUT2D eigenvalue weighted by Gasteiger charge is -2.13. The molecule has 0 unspecified atom stereocenters. The highest BCUT2D eigenvalue weighted by molar-refractivity contribution is 6.33. The molecule has 0 aromatic heterocycles. The van der Waals surface area contributed by atoms with Gasteiger partial charge in [-0.15, -0.1) is 0 Å². The van der Waals surface area contributed by atoms with Crippen molar-refractivity contribution in [1.82, 2.24) is 0 Å². The van der Waals surface area contributed by atoms with E-state index in [1.54, 1.807) is 26.4 Å². The third kappa shape index (κ3) is 3.39. The molecule has 0 spiro atoms. The summed E-state index contributed by atoms with van der Waals surface area (Å²) < 4.78 is 10.5. The Morgan fingerprint density at radius 3 is 2.67 bits per heavy atom. The number of ether oxygens (including phenoxy) is 2. The van der Waals surface area contributed by atoms with Gasteiger partial charge in [0.2, 0.25) is 0 Å². The second-order valence-electron chi connectivity index (χ2n) is 4.32. The van der Waals surface area contributed by atoms with Crippen LogP contribution in [0.3, 0.4) is 0 Å². The maximum atomic E-state index is 8.89. The van der Waals surface area contributed by atoms with Crippen molar-refractivity contribution >= 4 is 17.3 Å². The Hall–Kier alpha value is -2.38. The SMILES string of the molecule is COc1ccc(CNc2cccc(C#N)c2)c(Cl)c1OC. The number of rotatable bonds is 5. The highest BCUT2D eigenvalue weighted by Crippen LogP contribution is 2.37. The maximum Gasteiger partial charge on any atom is 0.179 e. The summed E-state index contributed by atoms with van der Waals surface area (Å²) in [7, 11) is 3.12. The quantitative estimate of drug-likeness (QED) is 0.911. The summed E-state index contributed by atoms with van der Waals surface area (Å²) in [4.78, 5) is 0. The Morgan fingerprint density at radius 2 is 2.00 bits per heavy atom. The van der Waals surface area contributed by atoms with Gasteiger partial charge in [0, 0.05) is 12.2 Å². The molecular weight excluding hydrogens is 288 g/mol. The Balaban J connectivity index is 2.18. The molecule has 2 rings (SSSR count). The summed E-state index contributed by atoms with van der Waals surface area (Å²) in [5.74, 6) is 1.11. The van der Waals surface area contributed by atoms with Crippen LogP contribution in [0.4, 0.5) is 5.69 Å². The zero-order valence-electron chi connectivity index (χ0n) is 11.8. The summed E-state index contributed by atoms with van der Waals surface area (Å²) in [5.41, 5.74) is 2.36. The molecule has 0 fully saturated rings. The summed E-state index contributed by atoms with van der Waals surface area (Å²) in [6.45, 7) is 0.522. The van der Waals surface area contributed by atoms with Crippen LogP contribution in [0.15, 0.2) is 36.4 Å². The standard InChI is InChI=1S/C16H15ClN2O2/c1-20-14-7-6-12(15(17)16(14)21-2)10-19-13-5-3-4-11(8-13)9-18/h3-8,19H,10H2,1-2H3. The lowest BCUT2D eigenvalue weighted by atomic mass is 10.1. The van der Waals surface area contributed by atoms with Crippen molar-refractivity contribution in [1.29, 1.82) is 5.26 Å². The van der Waals surface area contributed by atoms with E-state index >= 15 is 0 Å². The molecule has 2 aromatic carbocycles. The molecule has 0 saturated carbocycles. The van der Waals surface area contributed by atoms with Gasteiger partial charge in [0.1, 0.15) is 0 Å². The van der Waals surface area contributed by atoms with Gasteiger partial charge in [0.25, 0.3) is 0 Å². The smallest absolute Gasteiger partial charge is 0.179 e. The van der Waals surface area contributed by atoms with E-state index in [1.807, 2.05) is 24.3 Å². The molecule has 0 aliphatic rings. The number of nitrogens with zero attached hydrogens (tertiary/aromatic N) is 1. The largest absolute Gasteiger partial charge is 0.493 e. The van der Waals surface area contributed by atoms with Crippen LogP contribution < -0.4 is 14.8 Å². The van der Waals surface area contributed by atoms with Crippen molar-refractivity contribution in [2.75, 3.05) is 19.5 Å². The number of halogens is 1. The van der Waals surface area contributed by atoms with Crippen LogP contribution in [-0.4, -0.2) is 14.2 Å². The van der Waals surface area contributed by atoms with Crippen molar-refractivity contribution in [3.05, 3.63) is 52.5 Å². The monoisotopic (exact) mass is 302 g/mol. The molecule has 0 atom stereocenters. The molecule has 0 aliphatic heterocycles. The van der Waals surface area contributed by atoms with Crippen molar-refractivity contribution in [2.45, 2.75) is 6.54 Å². The van der Waals surface area contributed by atoms with Crippen LogP contribution in [-0.2, 0) is 6.54 Å². The molecule has 108 valence electrons. The average molecular weight is 303 g/mol. The predicted molar refractivity (Wildman–Crippen MR) is 83.0 cm³/mol.